The van der Waals surface area contributed by atoms with Gasteiger partial charge in [0.15, 0.2) is 0 Å². The summed E-state index contributed by atoms with van der Waals surface area (Å²) in [6.45, 7) is 2.65. The summed E-state index contributed by atoms with van der Waals surface area (Å²) < 4.78 is 6.00. The monoisotopic (exact) mass is 205 g/mol. The van der Waals surface area contributed by atoms with Gasteiger partial charge in [0.25, 0.3) is 0 Å². The average molecular weight is 205 g/mol. The van der Waals surface area contributed by atoms with E-state index < -0.39 is 0 Å². The highest BCUT2D eigenvalue weighted by molar-refractivity contribution is 5.39. The highest BCUT2D eigenvalue weighted by Crippen LogP contribution is 2.27. The summed E-state index contributed by atoms with van der Waals surface area (Å²) in [5, 5.41) is 0. The summed E-state index contributed by atoms with van der Waals surface area (Å²) in [4.78, 5) is 0. The van der Waals surface area contributed by atoms with Crippen molar-refractivity contribution < 1.29 is 4.74 Å². The molecule has 0 spiro atoms. The van der Waals surface area contributed by atoms with Crippen molar-refractivity contribution in [1.29, 1.82) is 0 Å². The van der Waals surface area contributed by atoms with Crippen molar-refractivity contribution in [3.8, 4) is 5.75 Å². The molecule has 0 atom stereocenters. The van der Waals surface area contributed by atoms with E-state index in [1.165, 1.54) is 31.2 Å². The van der Waals surface area contributed by atoms with Gasteiger partial charge in [-0.25, -0.2) is 0 Å². The summed E-state index contributed by atoms with van der Waals surface area (Å²) in [6.07, 6.45) is 5.40. The average Bonchev–Trinajstić information content (AvgIpc) is 2.71. The molecule has 1 fully saturated rings. The van der Waals surface area contributed by atoms with Crippen LogP contribution in [0.4, 0.5) is 0 Å². The standard InChI is InChI=1S/C13H19NO/c1-10-5-4-8-13(12(10)9-14)15-11-6-2-3-7-11/h4-5,8,11H,2-3,6-7,9,14H2,1H3. The summed E-state index contributed by atoms with van der Waals surface area (Å²) in [6, 6.07) is 6.16. The van der Waals surface area contributed by atoms with E-state index in [-0.39, 0.29) is 0 Å². The molecular weight excluding hydrogens is 186 g/mol. The van der Waals surface area contributed by atoms with Crippen molar-refractivity contribution in [3.05, 3.63) is 29.3 Å². The number of hydrogen-bond donors (Lipinski definition) is 1. The summed E-state index contributed by atoms with van der Waals surface area (Å²) in [5.74, 6) is 0.990. The second-order valence-electron chi connectivity index (χ2n) is 4.28. The Morgan fingerprint density at radius 2 is 2.07 bits per heavy atom. The van der Waals surface area contributed by atoms with Gasteiger partial charge in [-0.15, -0.1) is 0 Å². The molecule has 1 saturated carbocycles. The summed E-state index contributed by atoms with van der Waals surface area (Å²) in [7, 11) is 0. The van der Waals surface area contributed by atoms with Gasteiger partial charge in [0.2, 0.25) is 0 Å². The number of ether oxygens (including phenoxy) is 1. The van der Waals surface area contributed by atoms with E-state index >= 15 is 0 Å². The van der Waals surface area contributed by atoms with Crippen molar-refractivity contribution >= 4 is 0 Å². The number of nitrogens with two attached hydrogens (primary N) is 1. The zero-order valence-corrected chi connectivity index (χ0v) is 9.33. The maximum absolute atomic E-state index is 6.00. The lowest BCUT2D eigenvalue weighted by Gasteiger charge is -2.17. The van der Waals surface area contributed by atoms with Gasteiger partial charge < -0.3 is 10.5 Å². The predicted molar refractivity (Wildman–Crippen MR) is 62.0 cm³/mol. The van der Waals surface area contributed by atoms with Gasteiger partial charge >= 0.3 is 0 Å². The smallest absolute Gasteiger partial charge is 0.124 e. The molecule has 0 heterocycles. The normalized spacial score (nSPS) is 16.9. The zero-order valence-electron chi connectivity index (χ0n) is 9.33. The molecule has 0 aromatic heterocycles. The molecule has 15 heavy (non-hydrogen) atoms. The van der Waals surface area contributed by atoms with Crippen LogP contribution in [0.15, 0.2) is 18.2 Å². The Kier molecular flexibility index (Phi) is 3.27. The number of benzene rings is 1. The van der Waals surface area contributed by atoms with Gasteiger partial charge in [-0.05, 0) is 44.2 Å². The highest BCUT2D eigenvalue weighted by atomic mass is 16.5. The Balaban J connectivity index is 2.15. The van der Waals surface area contributed by atoms with Gasteiger partial charge in [0, 0.05) is 12.1 Å². The number of aryl methyl sites for hydroxylation is 1. The van der Waals surface area contributed by atoms with E-state index in [4.69, 9.17) is 10.5 Å². The van der Waals surface area contributed by atoms with Crippen LogP contribution in [0.25, 0.3) is 0 Å². The van der Waals surface area contributed by atoms with Crippen molar-refractivity contribution in [2.45, 2.75) is 45.3 Å². The first-order valence-corrected chi connectivity index (χ1v) is 5.76. The number of hydrogen-bond acceptors (Lipinski definition) is 2. The minimum atomic E-state index is 0.414. The largest absolute Gasteiger partial charge is 0.490 e. The van der Waals surface area contributed by atoms with E-state index in [0.29, 0.717) is 12.6 Å². The molecule has 1 aliphatic carbocycles. The van der Waals surface area contributed by atoms with Gasteiger partial charge in [-0.1, -0.05) is 12.1 Å². The third kappa shape index (κ3) is 2.32. The molecule has 0 aliphatic heterocycles. The molecule has 2 N–H and O–H groups in total. The Labute approximate surface area is 91.4 Å². The van der Waals surface area contributed by atoms with E-state index in [0.717, 1.165) is 11.3 Å². The maximum atomic E-state index is 6.00. The molecule has 0 radical (unpaired) electrons. The van der Waals surface area contributed by atoms with Crippen LogP contribution in [0.1, 0.15) is 36.8 Å². The lowest BCUT2D eigenvalue weighted by Crippen LogP contribution is -2.13. The topological polar surface area (TPSA) is 35.2 Å². The van der Waals surface area contributed by atoms with Crippen LogP contribution in [0.2, 0.25) is 0 Å². The van der Waals surface area contributed by atoms with Crippen molar-refractivity contribution in [2.75, 3.05) is 0 Å². The van der Waals surface area contributed by atoms with E-state index in [1.807, 2.05) is 12.1 Å². The molecule has 0 saturated heterocycles. The third-order valence-electron chi connectivity index (χ3n) is 3.17. The first-order valence-electron chi connectivity index (χ1n) is 5.76. The van der Waals surface area contributed by atoms with Crippen LogP contribution in [0, 0.1) is 6.92 Å². The molecule has 0 amide bonds. The van der Waals surface area contributed by atoms with Crippen LogP contribution in [0.3, 0.4) is 0 Å². The van der Waals surface area contributed by atoms with Gasteiger partial charge in [0.1, 0.15) is 5.75 Å². The molecule has 0 unspecified atom stereocenters. The molecule has 1 aliphatic rings. The first-order chi connectivity index (χ1) is 7.31. The molecule has 0 bridgehead atoms. The Hall–Kier alpha value is -1.02. The van der Waals surface area contributed by atoms with Crippen LogP contribution in [0.5, 0.6) is 5.75 Å². The van der Waals surface area contributed by atoms with Gasteiger partial charge in [0.05, 0.1) is 6.10 Å². The van der Waals surface area contributed by atoms with Crippen molar-refractivity contribution in [1.82, 2.24) is 0 Å². The Bertz CT molecular complexity index is 329. The van der Waals surface area contributed by atoms with E-state index in [1.54, 1.807) is 0 Å². The second-order valence-corrected chi connectivity index (χ2v) is 4.28. The lowest BCUT2D eigenvalue weighted by atomic mass is 10.1. The molecular formula is C13H19NO. The van der Waals surface area contributed by atoms with Crippen LogP contribution < -0.4 is 10.5 Å². The van der Waals surface area contributed by atoms with E-state index in [2.05, 4.69) is 13.0 Å². The zero-order chi connectivity index (χ0) is 10.7. The Morgan fingerprint density at radius 1 is 1.33 bits per heavy atom. The predicted octanol–water partition coefficient (Wildman–Crippen LogP) is 2.78. The fourth-order valence-corrected chi connectivity index (χ4v) is 2.23. The van der Waals surface area contributed by atoms with Crippen LogP contribution in [-0.4, -0.2) is 6.10 Å². The Morgan fingerprint density at radius 3 is 2.73 bits per heavy atom. The minimum absolute atomic E-state index is 0.414. The summed E-state index contributed by atoms with van der Waals surface area (Å²) >= 11 is 0. The van der Waals surface area contributed by atoms with Gasteiger partial charge in [-0.2, -0.15) is 0 Å². The molecule has 2 nitrogen and oxygen atoms in total. The fourth-order valence-electron chi connectivity index (χ4n) is 2.23. The fraction of sp³-hybridized carbons (Fsp3) is 0.538. The lowest BCUT2D eigenvalue weighted by molar-refractivity contribution is 0.208. The molecule has 82 valence electrons. The van der Waals surface area contributed by atoms with E-state index in [9.17, 15) is 0 Å². The third-order valence-corrected chi connectivity index (χ3v) is 3.17. The second kappa shape index (κ2) is 4.67. The highest BCUT2D eigenvalue weighted by Gasteiger charge is 2.17. The van der Waals surface area contributed by atoms with Crippen LogP contribution >= 0.6 is 0 Å². The molecule has 1 aromatic rings. The van der Waals surface area contributed by atoms with Crippen LogP contribution in [-0.2, 0) is 6.54 Å². The first kappa shape index (κ1) is 10.5. The SMILES string of the molecule is Cc1cccc(OC2CCCC2)c1CN. The molecule has 2 heteroatoms. The van der Waals surface area contributed by atoms with Crippen molar-refractivity contribution in [2.24, 2.45) is 5.73 Å². The molecule has 1 aromatic carbocycles. The van der Waals surface area contributed by atoms with Gasteiger partial charge in [-0.3, -0.25) is 0 Å². The maximum Gasteiger partial charge on any atom is 0.124 e. The molecule has 2 rings (SSSR count). The summed E-state index contributed by atoms with van der Waals surface area (Å²) in [5.41, 5.74) is 8.13. The quantitative estimate of drug-likeness (QED) is 0.823. The van der Waals surface area contributed by atoms with Crippen molar-refractivity contribution in [3.63, 3.8) is 0 Å². The minimum Gasteiger partial charge on any atom is -0.490 e. The number of rotatable bonds is 3.